The van der Waals surface area contributed by atoms with Gasteiger partial charge in [0, 0.05) is 13.1 Å². The first-order valence-corrected chi connectivity index (χ1v) is 11.6. The average Bonchev–Trinajstić information content (AvgIpc) is 3.18. The molecule has 0 radical (unpaired) electrons. The molecule has 1 heterocycles. The number of imidazole rings is 1. The summed E-state index contributed by atoms with van der Waals surface area (Å²) in [5.74, 6) is 1.01. The second-order valence-corrected chi connectivity index (χ2v) is 8.18. The highest BCUT2D eigenvalue weighted by Crippen LogP contribution is 2.33. The average molecular weight is 426 g/mol. The van der Waals surface area contributed by atoms with E-state index in [0.717, 1.165) is 42.8 Å². The van der Waals surface area contributed by atoms with Crippen LogP contribution in [0.4, 0.5) is 0 Å². The normalized spacial score (nSPS) is 11.2. The van der Waals surface area contributed by atoms with Crippen molar-refractivity contribution in [2.45, 2.75) is 39.2 Å². The van der Waals surface area contributed by atoms with Crippen molar-refractivity contribution in [2.75, 3.05) is 13.1 Å². The zero-order valence-electron chi connectivity index (χ0n) is 18.9. The minimum absolute atomic E-state index is 0.0524. The molecular formula is C28H31N3O. The summed E-state index contributed by atoms with van der Waals surface area (Å²) in [6.45, 7) is 6.11. The highest BCUT2D eigenvalue weighted by atomic mass is 16.2. The van der Waals surface area contributed by atoms with Crippen LogP contribution in [0, 0.1) is 0 Å². The highest BCUT2D eigenvalue weighted by molar-refractivity contribution is 5.81. The molecule has 32 heavy (non-hydrogen) atoms. The maximum absolute atomic E-state index is 13.4. The summed E-state index contributed by atoms with van der Waals surface area (Å²) in [7, 11) is 0. The van der Waals surface area contributed by atoms with Gasteiger partial charge in [0.25, 0.3) is 0 Å². The number of carbonyl (C=O) groups excluding carboxylic acids is 1. The second kappa shape index (κ2) is 10.3. The molecule has 0 aliphatic carbocycles. The second-order valence-electron chi connectivity index (χ2n) is 8.18. The molecule has 4 nitrogen and oxygen atoms in total. The largest absolute Gasteiger partial charge is 0.341 e. The summed E-state index contributed by atoms with van der Waals surface area (Å²) < 4.78 is 2.13. The van der Waals surface area contributed by atoms with E-state index in [0.29, 0.717) is 6.54 Å². The van der Waals surface area contributed by atoms with Crippen molar-refractivity contribution >= 4 is 16.9 Å². The first kappa shape index (κ1) is 21.8. The van der Waals surface area contributed by atoms with Crippen LogP contribution in [0.2, 0.25) is 0 Å². The van der Waals surface area contributed by atoms with Crippen LogP contribution in [0.25, 0.3) is 11.0 Å². The molecule has 0 aliphatic rings. The van der Waals surface area contributed by atoms with Gasteiger partial charge < -0.3 is 9.47 Å². The molecule has 0 unspecified atom stereocenters. The van der Waals surface area contributed by atoms with Crippen molar-refractivity contribution in [3.63, 3.8) is 0 Å². The van der Waals surface area contributed by atoms with Crippen molar-refractivity contribution in [1.29, 1.82) is 0 Å². The number of benzene rings is 3. The Hall–Kier alpha value is -3.40. The van der Waals surface area contributed by atoms with Gasteiger partial charge in [0.05, 0.1) is 17.0 Å². The SMILES string of the molecule is CCCN(CCC)C(=O)Cn1c(C(c2ccccc2)c2ccccc2)nc2ccccc21. The van der Waals surface area contributed by atoms with Crippen LogP contribution in [0.1, 0.15) is 49.6 Å². The van der Waals surface area contributed by atoms with Gasteiger partial charge in [0.2, 0.25) is 5.91 Å². The van der Waals surface area contributed by atoms with E-state index < -0.39 is 0 Å². The van der Waals surface area contributed by atoms with Crippen molar-refractivity contribution in [3.8, 4) is 0 Å². The van der Waals surface area contributed by atoms with Crippen LogP contribution >= 0.6 is 0 Å². The number of fused-ring (bicyclic) bond motifs is 1. The summed E-state index contributed by atoms with van der Waals surface area (Å²) in [6, 6.07) is 29.0. The number of amides is 1. The zero-order valence-corrected chi connectivity index (χ0v) is 18.9. The number of aromatic nitrogens is 2. The van der Waals surface area contributed by atoms with Gasteiger partial charge in [0.15, 0.2) is 0 Å². The third-order valence-corrected chi connectivity index (χ3v) is 5.84. The number of hydrogen-bond donors (Lipinski definition) is 0. The van der Waals surface area contributed by atoms with Crippen LogP contribution < -0.4 is 0 Å². The standard InChI is InChI=1S/C28H31N3O/c1-3-19-30(20-4-2)26(32)21-31-25-18-12-11-17-24(25)29-28(31)27(22-13-7-5-8-14-22)23-15-9-6-10-16-23/h5-18,27H,3-4,19-21H2,1-2H3. The van der Waals surface area contributed by atoms with Gasteiger partial charge in [-0.25, -0.2) is 4.98 Å². The fourth-order valence-electron chi connectivity index (χ4n) is 4.40. The molecule has 4 heteroatoms. The fraction of sp³-hybridized carbons (Fsp3) is 0.286. The lowest BCUT2D eigenvalue weighted by molar-refractivity contribution is -0.131. The zero-order chi connectivity index (χ0) is 22.3. The number of rotatable bonds is 9. The summed E-state index contributed by atoms with van der Waals surface area (Å²) in [5.41, 5.74) is 4.26. The van der Waals surface area contributed by atoms with Gasteiger partial charge in [-0.15, -0.1) is 0 Å². The van der Waals surface area contributed by atoms with E-state index in [1.165, 1.54) is 11.1 Å². The fourth-order valence-corrected chi connectivity index (χ4v) is 4.40. The Balaban J connectivity index is 1.85. The van der Waals surface area contributed by atoms with E-state index in [4.69, 9.17) is 4.98 Å². The monoisotopic (exact) mass is 425 g/mol. The maximum Gasteiger partial charge on any atom is 0.242 e. The Bertz CT molecular complexity index is 1110. The van der Waals surface area contributed by atoms with Crippen LogP contribution in [0.5, 0.6) is 0 Å². The number of para-hydroxylation sites is 2. The van der Waals surface area contributed by atoms with Crippen LogP contribution in [0.15, 0.2) is 84.9 Å². The molecule has 1 aromatic heterocycles. The summed E-state index contributed by atoms with van der Waals surface area (Å²) in [5, 5.41) is 0. The molecule has 0 fully saturated rings. The van der Waals surface area contributed by atoms with E-state index in [1.807, 2.05) is 35.2 Å². The predicted molar refractivity (Wildman–Crippen MR) is 131 cm³/mol. The molecule has 4 aromatic rings. The third kappa shape index (κ3) is 4.59. The van der Waals surface area contributed by atoms with E-state index in [1.54, 1.807) is 0 Å². The Kier molecular flexibility index (Phi) is 7.00. The Morgan fingerprint density at radius 1 is 0.812 bits per heavy atom. The molecule has 0 saturated heterocycles. The van der Waals surface area contributed by atoms with Crippen molar-refractivity contribution in [3.05, 3.63) is 102 Å². The molecule has 0 saturated carbocycles. The van der Waals surface area contributed by atoms with E-state index in [-0.39, 0.29) is 11.8 Å². The topological polar surface area (TPSA) is 38.1 Å². The maximum atomic E-state index is 13.4. The Morgan fingerprint density at radius 2 is 1.34 bits per heavy atom. The van der Waals surface area contributed by atoms with Crippen molar-refractivity contribution in [2.24, 2.45) is 0 Å². The van der Waals surface area contributed by atoms with Gasteiger partial charge in [-0.2, -0.15) is 0 Å². The lowest BCUT2D eigenvalue weighted by Gasteiger charge is -2.24. The molecule has 0 atom stereocenters. The molecule has 164 valence electrons. The van der Waals surface area contributed by atoms with Crippen LogP contribution in [-0.2, 0) is 11.3 Å². The first-order valence-electron chi connectivity index (χ1n) is 11.6. The molecule has 0 bridgehead atoms. The van der Waals surface area contributed by atoms with Gasteiger partial charge in [-0.3, -0.25) is 4.79 Å². The van der Waals surface area contributed by atoms with Crippen LogP contribution in [0.3, 0.4) is 0 Å². The van der Waals surface area contributed by atoms with Gasteiger partial charge in [0.1, 0.15) is 12.4 Å². The molecule has 4 rings (SSSR count). The number of carbonyl (C=O) groups is 1. The first-order chi connectivity index (χ1) is 15.7. The summed E-state index contributed by atoms with van der Waals surface area (Å²) in [6.07, 6.45) is 1.92. The summed E-state index contributed by atoms with van der Waals surface area (Å²) >= 11 is 0. The van der Waals surface area contributed by atoms with Crippen molar-refractivity contribution in [1.82, 2.24) is 14.5 Å². The lowest BCUT2D eigenvalue weighted by atomic mass is 9.90. The van der Waals surface area contributed by atoms with E-state index in [2.05, 4.69) is 73.0 Å². The van der Waals surface area contributed by atoms with E-state index >= 15 is 0 Å². The molecule has 0 N–H and O–H groups in total. The predicted octanol–water partition coefficient (Wildman–Crippen LogP) is 5.87. The molecular weight excluding hydrogens is 394 g/mol. The molecule has 0 aliphatic heterocycles. The van der Waals surface area contributed by atoms with Crippen LogP contribution in [-0.4, -0.2) is 33.4 Å². The van der Waals surface area contributed by atoms with E-state index in [9.17, 15) is 4.79 Å². The molecule has 0 spiro atoms. The minimum atomic E-state index is -0.0524. The Labute approximate surface area is 190 Å². The Morgan fingerprint density at radius 3 is 1.91 bits per heavy atom. The quantitative estimate of drug-likeness (QED) is 0.337. The third-order valence-electron chi connectivity index (χ3n) is 5.84. The number of hydrogen-bond acceptors (Lipinski definition) is 2. The van der Waals surface area contributed by atoms with Gasteiger partial charge in [-0.1, -0.05) is 86.6 Å². The molecule has 3 aromatic carbocycles. The molecule has 1 amide bonds. The van der Waals surface area contributed by atoms with Crippen molar-refractivity contribution < 1.29 is 4.79 Å². The van der Waals surface area contributed by atoms with Gasteiger partial charge in [-0.05, 0) is 36.1 Å². The number of nitrogens with zero attached hydrogens (tertiary/aromatic N) is 3. The highest BCUT2D eigenvalue weighted by Gasteiger charge is 2.25. The van der Waals surface area contributed by atoms with Gasteiger partial charge >= 0.3 is 0 Å². The minimum Gasteiger partial charge on any atom is -0.341 e. The smallest absolute Gasteiger partial charge is 0.242 e. The summed E-state index contributed by atoms with van der Waals surface area (Å²) in [4.78, 5) is 20.4. The lowest BCUT2D eigenvalue weighted by Crippen LogP contribution is -2.35.